The van der Waals surface area contributed by atoms with E-state index in [9.17, 15) is 4.79 Å². The minimum Gasteiger partial charge on any atom is -0.484 e. The highest BCUT2D eigenvalue weighted by atomic mass is 16.5. The number of oxazole rings is 1. The van der Waals surface area contributed by atoms with Crippen molar-refractivity contribution in [1.29, 1.82) is 0 Å². The number of hydrogen-bond acceptors (Lipinski definition) is 5. The Morgan fingerprint density at radius 2 is 1.93 bits per heavy atom. The van der Waals surface area contributed by atoms with Crippen LogP contribution in [0.15, 0.2) is 65.2 Å². The Kier molecular flexibility index (Phi) is 5.24. The van der Waals surface area contributed by atoms with Crippen molar-refractivity contribution in [3.8, 4) is 17.2 Å². The van der Waals surface area contributed by atoms with Crippen molar-refractivity contribution in [3.63, 3.8) is 0 Å². The Hall–Kier alpha value is -3.67. The Morgan fingerprint density at radius 3 is 2.69 bits per heavy atom. The van der Waals surface area contributed by atoms with E-state index in [1.54, 1.807) is 12.3 Å². The van der Waals surface area contributed by atoms with Crippen molar-refractivity contribution < 1.29 is 13.9 Å². The van der Waals surface area contributed by atoms with Crippen LogP contribution in [0, 0.1) is 6.92 Å². The number of aryl methyl sites for hydroxylation is 1. The summed E-state index contributed by atoms with van der Waals surface area (Å²) in [4.78, 5) is 21.0. The number of carbonyl (C=O) groups excluding carboxylic acids is 1. The second-order valence-corrected chi connectivity index (χ2v) is 6.66. The summed E-state index contributed by atoms with van der Waals surface area (Å²) >= 11 is 0. The molecule has 2 aromatic carbocycles. The summed E-state index contributed by atoms with van der Waals surface area (Å²) in [5.41, 5.74) is 4.76. The molecule has 2 aromatic heterocycles. The van der Waals surface area contributed by atoms with Gasteiger partial charge >= 0.3 is 0 Å². The van der Waals surface area contributed by atoms with Crippen molar-refractivity contribution in [1.82, 2.24) is 9.97 Å². The molecule has 0 aliphatic carbocycles. The van der Waals surface area contributed by atoms with E-state index < -0.39 is 0 Å². The topological polar surface area (TPSA) is 77.2 Å². The molecule has 0 bridgehead atoms. The van der Waals surface area contributed by atoms with E-state index in [0.29, 0.717) is 28.6 Å². The maximum absolute atomic E-state index is 12.4. The molecule has 0 spiro atoms. The van der Waals surface area contributed by atoms with Crippen molar-refractivity contribution in [2.24, 2.45) is 0 Å². The molecule has 29 heavy (non-hydrogen) atoms. The van der Waals surface area contributed by atoms with Crippen LogP contribution in [0.5, 0.6) is 5.75 Å². The highest BCUT2D eigenvalue weighted by molar-refractivity contribution is 5.93. The molecule has 6 heteroatoms. The van der Waals surface area contributed by atoms with Crippen molar-refractivity contribution >= 4 is 22.8 Å². The average Bonchev–Trinajstić information content (AvgIpc) is 3.18. The maximum atomic E-state index is 12.4. The first-order valence-corrected chi connectivity index (χ1v) is 9.47. The molecule has 0 aliphatic rings. The predicted molar refractivity (Wildman–Crippen MR) is 112 cm³/mol. The van der Waals surface area contributed by atoms with Crippen LogP contribution in [-0.4, -0.2) is 22.5 Å². The second kappa shape index (κ2) is 8.14. The van der Waals surface area contributed by atoms with Gasteiger partial charge in [0.2, 0.25) is 5.89 Å². The lowest BCUT2D eigenvalue weighted by atomic mass is 10.1. The fourth-order valence-corrected chi connectivity index (χ4v) is 3.04. The van der Waals surface area contributed by atoms with E-state index in [-0.39, 0.29) is 12.5 Å². The third-order valence-electron chi connectivity index (χ3n) is 4.70. The fourth-order valence-electron chi connectivity index (χ4n) is 3.04. The summed E-state index contributed by atoms with van der Waals surface area (Å²) in [5, 5.41) is 2.90. The normalized spacial score (nSPS) is 10.8. The van der Waals surface area contributed by atoms with E-state index in [1.807, 2.05) is 55.5 Å². The van der Waals surface area contributed by atoms with Crippen LogP contribution in [0.1, 0.15) is 18.1 Å². The van der Waals surface area contributed by atoms with Gasteiger partial charge < -0.3 is 14.5 Å². The number of amides is 1. The Bertz CT molecular complexity index is 1120. The maximum Gasteiger partial charge on any atom is 0.262 e. The van der Waals surface area contributed by atoms with Gasteiger partial charge in [0, 0.05) is 17.4 Å². The molecule has 0 saturated heterocycles. The predicted octanol–water partition coefficient (Wildman–Crippen LogP) is 4.78. The van der Waals surface area contributed by atoms with Gasteiger partial charge in [-0.05, 0) is 60.9 Å². The molecule has 0 aliphatic heterocycles. The molecular weight excluding hydrogens is 366 g/mol. The lowest BCUT2D eigenvalue weighted by Crippen LogP contribution is -2.20. The molecule has 4 rings (SSSR count). The zero-order valence-electron chi connectivity index (χ0n) is 16.3. The Morgan fingerprint density at radius 1 is 1.10 bits per heavy atom. The first kappa shape index (κ1) is 18.7. The van der Waals surface area contributed by atoms with Crippen LogP contribution in [0.25, 0.3) is 22.7 Å². The minimum atomic E-state index is -0.232. The quantitative estimate of drug-likeness (QED) is 0.515. The highest BCUT2D eigenvalue weighted by Crippen LogP contribution is 2.30. The summed E-state index contributed by atoms with van der Waals surface area (Å²) < 4.78 is 11.4. The standard InChI is InChI=1S/C23H21N3O3/c1-3-16-9-11-17(12-10-16)28-14-21(27)25-19-7-4-6-18(15(19)2)23-26-22-20(29-23)8-5-13-24-22/h4-13H,3,14H2,1-2H3,(H,25,27). The average molecular weight is 387 g/mol. The summed E-state index contributed by atoms with van der Waals surface area (Å²) in [7, 11) is 0. The van der Waals surface area contributed by atoms with Crippen molar-refractivity contribution in [2.45, 2.75) is 20.3 Å². The van der Waals surface area contributed by atoms with E-state index in [0.717, 1.165) is 17.5 Å². The van der Waals surface area contributed by atoms with Crippen LogP contribution < -0.4 is 10.1 Å². The van der Waals surface area contributed by atoms with E-state index in [2.05, 4.69) is 22.2 Å². The zero-order chi connectivity index (χ0) is 20.2. The summed E-state index contributed by atoms with van der Waals surface area (Å²) in [6.07, 6.45) is 2.64. The number of carbonyl (C=O) groups is 1. The van der Waals surface area contributed by atoms with Crippen molar-refractivity contribution in [3.05, 3.63) is 71.9 Å². The number of anilines is 1. The summed E-state index contributed by atoms with van der Waals surface area (Å²) in [6, 6.07) is 17.0. The molecule has 4 aromatic rings. The molecule has 2 heterocycles. The van der Waals surface area contributed by atoms with Gasteiger partial charge in [0.1, 0.15) is 5.75 Å². The number of rotatable bonds is 6. The van der Waals surface area contributed by atoms with E-state index in [4.69, 9.17) is 9.15 Å². The Balaban J connectivity index is 1.47. The third-order valence-corrected chi connectivity index (χ3v) is 4.70. The van der Waals surface area contributed by atoms with Gasteiger partial charge in [-0.2, -0.15) is 4.98 Å². The molecule has 0 fully saturated rings. The van der Waals surface area contributed by atoms with Gasteiger partial charge in [0.05, 0.1) is 0 Å². The summed E-state index contributed by atoms with van der Waals surface area (Å²) in [5.74, 6) is 0.908. The van der Waals surface area contributed by atoms with Crippen LogP contribution in [0.4, 0.5) is 5.69 Å². The fraction of sp³-hybridized carbons (Fsp3) is 0.174. The largest absolute Gasteiger partial charge is 0.484 e. The number of ether oxygens (including phenoxy) is 1. The van der Waals surface area contributed by atoms with E-state index >= 15 is 0 Å². The highest BCUT2D eigenvalue weighted by Gasteiger charge is 2.14. The molecule has 0 atom stereocenters. The van der Waals surface area contributed by atoms with Gasteiger partial charge in [-0.1, -0.05) is 25.1 Å². The molecule has 0 radical (unpaired) electrons. The number of nitrogens with one attached hydrogen (secondary N) is 1. The van der Waals surface area contributed by atoms with Crippen LogP contribution in [0.3, 0.4) is 0 Å². The molecule has 6 nitrogen and oxygen atoms in total. The Labute approximate surface area is 168 Å². The number of hydrogen-bond donors (Lipinski definition) is 1. The van der Waals surface area contributed by atoms with Crippen LogP contribution >= 0.6 is 0 Å². The molecule has 0 unspecified atom stereocenters. The first-order valence-electron chi connectivity index (χ1n) is 9.47. The van der Waals surface area contributed by atoms with Crippen LogP contribution in [0.2, 0.25) is 0 Å². The van der Waals surface area contributed by atoms with Gasteiger partial charge in [-0.25, -0.2) is 4.98 Å². The monoisotopic (exact) mass is 387 g/mol. The lowest BCUT2D eigenvalue weighted by molar-refractivity contribution is -0.118. The van der Waals surface area contributed by atoms with Gasteiger partial charge in [-0.3, -0.25) is 4.79 Å². The molecular formula is C23H21N3O3. The molecule has 0 saturated carbocycles. The number of pyridine rings is 1. The van der Waals surface area contributed by atoms with E-state index in [1.165, 1.54) is 5.56 Å². The van der Waals surface area contributed by atoms with Gasteiger partial charge in [-0.15, -0.1) is 0 Å². The van der Waals surface area contributed by atoms with Gasteiger partial charge in [0.25, 0.3) is 5.91 Å². The SMILES string of the molecule is CCc1ccc(OCC(=O)Nc2cccc(-c3nc4ncccc4o3)c2C)cc1. The molecule has 1 N–H and O–H groups in total. The minimum absolute atomic E-state index is 0.0675. The molecule has 146 valence electrons. The van der Waals surface area contributed by atoms with Gasteiger partial charge in [0.15, 0.2) is 17.8 Å². The smallest absolute Gasteiger partial charge is 0.262 e. The number of nitrogens with zero attached hydrogens (tertiary/aromatic N) is 2. The van der Waals surface area contributed by atoms with Crippen LogP contribution in [-0.2, 0) is 11.2 Å². The molecule has 1 amide bonds. The number of aromatic nitrogens is 2. The second-order valence-electron chi connectivity index (χ2n) is 6.66. The lowest BCUT2D eigenvalue weighted by Gasteiger charge is -2.11. The van der Waals surface area contributed by atoms with Crippen molar-refractivity contribution in [2.75, 3.05) is 11.9 Å². The first-order chi connectivity index (χ1) is 14.1. The zero-order valence-corrected chi connectivity index (χ0v) is 16.3. The number of fused-ring (bicyclic) bond motifs is 1. The number of benzene rings is 2. The summed E-state index contributed by atoms with van der Waals surface area (Å²) in [6.45, 7) is 3.94. The third kappa shape index (κ3) is 4.11.